The monoisotopic (exact) mass is 328 g/mol. The number of rotatable bonds is 2. The smallest absolute Gasteiger partial charge is 0.744 e. The van der Waals surface area contributed by atoms with E-state index in [9.17, 15) is 13.0 Å². The molecule has 8 heteroatoms. The summed E-state index contributed by atoms with van der Waals surface area (Å²) in [7, 11) is -4.51. The van der Waals surface area contributed by atoms with E-state index in [2.05, 4.69) is 4.98 Å². The van der Waals surface area contributed by atoms with E-state index in [0.717, 1.165) is 10.2 Å². The zero-order valence-electron chi connectivity index (χ0n) is 11.1. The molecule has 1 aromatic heterocycles. The molecule has 1 heterocycles. The molecule has 3 aromatic rings. The minimum Gasteiger partial charge on any atom is -0.744 e. The molecule has 0 radical (unpaired) electrons. The van der Waals surface area contributed by atoms with Crippen LogP contribution in [0.5, 0.6) is 0 Å². The van der Waals surface area contributed by atoms with Gasteiger partial charge >= 0.3 is 29.6 Å². The molecule has 5 nitrogen and oxygen atoms in total. The number of benzene rings is 2. The first kappa shape index (κ1) is 16.4. The van der Waals surface area contributed by atoms with Gasteiger partial charge in [0.05, 0.1) is 15.1 Å². The van der Waals surface area contributed by atoms with Crippen LogP contribution >= 0.6 is 11.3 Å². The third kappa shape index (κ3) is 3.28. The number of para-hydroxylation sites is 1. The summed E-state index contributed by atoms with van der Waals surface area (Å²) < 4.78 is 34.2. The summed E-state index contributed by atoms with van der Waals surface area (Å²) >= 11 is 1.40. The Labute approximate surface area is 147 Å². The Hall–Kier alpha value is -0.960. The van der Waals surface area contributed by atoms with E-state index >= 15 is 0 Å². The summed E-state index contributed by atoms with van der Waals surface area (Å²) in [6.07, 6.45) is 0. The maximum absolute atomic E-state index is 11.1. The van der Waals surface area contributed by atoms with Gasteiger partial charge in [0.1, 0.15) is 15.1 Å². The van der Waals surface area contributed by atoms with Crippen molar-refractivity contribution in [3.8, 4) is 10.6 Å². The third-order valence-electron chi connectivity index (χ3n) is 2.84. The van der Waals surface area contributed by atoms with Crippen LogP contribution in [-0.4, -0.2) is 18.0 Å². The molecule has 2 N–H and O–H groups in total. The van der Waals surface area contributed by atoms with Crippen LogP contribution in [0.1, 0.15) is 0 Å². The number of thiazole rings is 1. The van der Waals surface area contributed by atoms with Crippen LogP contribution < -0.4 is 35.3 Å². The Balaban J connectivity index is 0.00000161. The second kappa shape index (κ2) is 6.04. The van der Waals surface area contributed by atoms with Crippen molar-refractivity contribution in [1.29, 1.82) is 0 Å². The molecule has 102 valence electrons. The van der Waals surface area contributed by atoms with Gasteiger partial charge in [-0.15, -0.1) is 11.3 Å². The van der Waals surface area contributed by atoms with Gasteiger partial charge in [-0.25, -0.2) is 13.4 Å². The average Bonchev–Trinajstić information content (AvgIpc) is 2.81. The molecule has 0 spiro atoms. The third-order valence-corrected chi connectivity index (χ3v) is 4.74. The summed E-state index contributed by atoms with van der Waals surface area (Å²) in [5, 5.41) is 0.592. The molecule has 21 heavy (non-hydrogen) atoms. The summed E-state index contributed by atoms with van der Waals surface area (Å²) in [4.78, 5) is 4.10. The van der Waals surface area contributed by atoms with Gasteiger partial charge in [-0.3, -0.25) is 0 Å². The normalized spacial score (nSPS) is 11.3. The SMILES string of the molecule is Nc1ccc(S(=O)(=O)[O-])cc1-c1nc2ccccc2s1.[Na+]. The summed E-state index contributed by atoms with van der Waals surface area (Å²) in [5.74, 6) is 0. The molecule has 0 atom stereocenters. The molecule has 3 rings (SSSR count). The van der Waals surface area contributed by atoms with Crippen LogP contribution in [0.3, 0.4) is 0 Å². The second-order valence-corrected chi connectivity index (χ2v) is 6.60. The van der Waals surface area contributed by atoms with Crippen LogP contribution in [0.4, 0.5) is 5.69 Å². The Morgan fingerprint density at radius 2 is 1.86 bits per heavy atom. The predicted molar refractivity (Wildman–Crippen MR) is 77.4 cm³/mol. The fourth-order valence-electron chi connectivity index (χ4n) is 1.86. The topological polar surface area (TPSA) is 96.1 Å². The number of nitrogens with two attached hydrogens (primary N) is 1. The Kier molecular flexibility index (Phi) is 4.72. The molecule has 2 aromatic carbocycles. The van der Waals surface area contributed by atoms with E-state index in [1.807, 2.05) is 24.3 Å². The Bertz CT molecular complexity index is 874. The first-order chi connectivity index (χ1) is 9.45. The molecule has 0 bridgehead atoms. The van der Waals surface area contributed by atoms with E-state index in [1.54, 1.807) is 0 Å². The van der Waals surface area contributed by atoms with Gasteiger partial charge in [-0.2, -0.15) is 0 Å². The zero-order valence-corrected chi connectivity index (χ0v) is 14.7. The van der Waals surface area contributed by atoms with Crippen molar-refractivity contribution >= 4 is 37.4 Å². The standard InChI is InChI=1S/C13H10N2O3S2.Na/c14-10-6-5-8(20(16,17)18)7-9(10)13-15-11-3-1-2-4-12(11)19-13;/h1-7H,14H2,(H,16,17,18);/q;+1/p-1. The van der Waals surface area contributed by atoms with Crippen molar-refractivity contribution in [3.05, 3.63) is 42.5 Å². The maximum atomic E-state index is 11.1. The van der Waals surface area contributed by atoms with Crippen LogP contribution in [-0.2, 0) is 10.1 Å². The summed E-state index contributed by atoms with van der Waals surface area (Å²) in [6, 6.07) is 11.4. The van der Waals surface area contributed by atoms with Gasteiger partial charge in [0.15, 0.2) is 0 Å². The van der Waals surface area contributed by atoms with Crippen molar-refractivity contribution in [3.63, 3.8) is 0 Å². The van der Waals surface area contributed by atoms with Gasteiger partial charge in [0, 0.05) is 11.3 Å². The number of anilines is 1. The molecule has 0 aliphatic carbocycles. The molecule has 0 amide bonds. The number of hydrogen-bond donors (Lipinski definition) is 1. The quantitative estimate of drug-likeness (QED) is 0.387. The van der Waals surface area contributed by atoms with Crippen molar-refractivity contribution < 1.29 is 42.5 Å². The second-order valence-electron chi connectivity index (χ2n) is 4.19. The maximum Gasteiger partial charge on any atom is 1.00 e. The zero-order chi connectivity index (χ0) is 14.3. The number of nitrogens with zero attached hydrogens (tertiary/aromatic N) is 1. The van der Waals surface area contributed by atoms with Gasteiger partial charge in [0.25, 0.3) is 0 Å². The van der Waals surface area contributed by atoms with Crippen LogP contribution in [0.25, 0.3) is 20.8 Å². The molecule has 0 aliphatic rings. The Morgan fingerprint density at radius 1 is 1.14 bits per heavy atom. The summed E-state index contributed by atoms with van der Waals surface area (Å²) in [6.45, 7) is 0. The summed E-state index contributed by atoms with van der Waals surface area (Å²) in [5.41, 5.74) is 7.51. The number of fused-ring (bicyclic) bond motifs is 1. The fraction of sp³-hybridized carbons (Fsp3) is 0. The molecular weight excluding hydrogens is 319 g/mol. The van der Waals surface area contributed by atoms with Crippen LogP contribution in [0, 0.1) is 0 Å². The number of aromatic nitrogens is 1. The molecule has 0 fully saturated rings. The van der Waals surface area contributed by atoms with Crippen molar-refractivity contribution in [2.75, 3.05) is 5.73 Å². The molecular formula is C13H9N2NaO3S2. The molecule has 0 aliphatic heterocycles. The largest absolute Gasteiger partial charge is 1.00 e. The molecule has 0 saturated carbocycles. The van der Waals surface area contributed by atoms with Gasteiger partial charge < -0.3 is 10.3 Å². The van der Waals surface area contributed by atoms with Crippen molar-refractivity contribution in [1.82, 2.24) is 4.98 Å². The average molecular weight is 328 g/mol. The van der Waals surface area contributed by atoms with Gasteiger partial charge in [-0.1, -0.05) is 12.1 Å². The van der Waals surface area contributed by atoms with E-state index in [-0.39, 0.29) is 34.5 Å². The van der Waals surface area contributed by atoms with E-state index in [1.165, 1.54) is 29.5 Å². The van der Waals surface area contributed by atoms with Gasteiger partial charge in [-0.05, 0) is 30.3 Å². The van der Waals surface area contributed by atoms with Crippen LogP contribution in [0.15, 0.2) is 47.4 Å². The first-order valence-corrected chi connectivity index (χ1v) is 7.89. The van der Waals surface area contributed by atoms with Crippen LogP contribution in [0.2, 0.25) is 0 Å². The van der Waals surface area contributed by atoms with E-state index in [4.69, 9.17) is 5.73 Å². The fourth-order valence-corrected chi connectivity index (χ4v) is 3.36. The minimum atomic E-state index is -4.51. The number of nitrogen functional groups attached to an aromatic ring is 1. The number of hydrogen-bond acceptors (Lipinski definition) is 6. The van der Waals surface area contributed by atoms with E-state index in [0.29, 0.717) is 16.3 Å². The molecule has 0 unspecified atom stereocenters. The Morgan fingerprint density at radius 3 is 2.52 bits per heavy atom. The minimum absolute atomic E-state index is 0. The first-order valence-electron chi connectivity index (χ1n) is 5.66. The molecule has 0 saturated heterocycles. The van der Waals surface area contributed by atoms with Crippen molar-refractivity contribution in [2.24, 2.45) is 0 Å². The van der Waals surface area contributed by atoms with Gasteiger partial charge in [0.2, 0.25) is 0 Å². The predicted octanol–water partition coefficient (Wildman–Crippen LogP) is -0.546. The van der Waals surface area contributed by atoms with Crippen molar-refractivity contribution in [2.45, 2.75) is 4.90 Å². The van der Waals surface area contributed by atoms with E-state index < -0.39 is 10.1 Å².